The van der Waals surface area contributed by atoms with Crippen molar-refractivity contribution < 1.29 is 14.3 Å². The van der Waals surface area contributed by atoms with Crippen LogP contribution < -0.4 is 15.8 Å². The summed E-state index contributed by atoms with van der Waals surface area (Å²) in [4.78, 5) is 25.0. The lowest BCUT2D eigenvalue weighted by Crippen LogP contribution is -2.33. The smallest absolute Gasteiger partial charge is 0.195 e. The van der Waals surface area contributed by atoms with Gasteiger partial charge in [-0.25, -0.2) is 9.97 Å². The summed E-state index contributed by atoms with van der Waals surface area (Å²) in [6.45, 7) is 0.976. The zero-order chi connectivity index (χ0) is 20.9. The van der Waals surface area contributed by atoms with Crippen molar-refractivity contribution in [1.29, 1.82) is 0 Å². The van der Waals surface area contributed by atoms with Gasteiger partial charge in [-0.1, -0.05) is 0 Å². The monoisotopic (exact) mass is 409 g/mol. The number of benzene rings is 1. The van der Waals surface area contributed by atoms with Crippen LogP contribution in [0.1, 0.15) is 41.6 Å². The number of hydrogen-bond acceptors (Lipinski definition) is 7. The summed E-state index contributed by atoms with van der Waals surface area (Å²) in [7, 11) is 1.63. The lowest BCUT2D eigenvalue weighted by atomic mass is 9.92. The van der Waals surface area contributed by atoms with Gasteiger partial charge in [-0.2, -0.15) is 0 Å². The number of methoxy groups -OCH3 is 1. The van der Waals surface area contributed by atoms with Gasteiger partial charge in [0.15, 0.2) is 5.78 Å². The quantitative estimate of drug-likeness (QED) is 0.387. The van der Waals surface area contributed by atoms with E-state index in [9.17, 15) is 4.79 Å². The van der Waals surface area contributed by atoms with Crippen molar-refractivity contribution in [1.82, 2.24) is 15.0 Å². The molecule has 1 aliphatic rings. The zero-order valence-corrected chi connectivity index (χ0v) is 17.1. The van der Waals surface area contributed by atoms with Gasteiger partial charge in [0.05, 0.1) is 17.6 Å². The van der Waals surface area contributed by atoms with Gasteiger partial charge in [-0.3, -0.25) is 4.79 Å². The molecule has 158 valence electrons. The molecule has 2 heterocycles. The van der Waals surface area contributed by atoms with Gasteiger partial charge in [0.1, 0.15) is 30.1 Å². The van der Waals surface area contributed by atoms with Gasteiger partial charge in [0, 0.05) is 31.0 Å². The number of anilines is 1. The van der Waals surface area contributed by atoms with E-state index in [4.69, 9.17) is 15.2 Å². The Morgan fingerprint density at radius 2 is 1.93 bits per heavy atom. The second-order valence-corrected chi connectivity index (χ2v) is 7.60. The first-order valence-electron chi connectivity index (χ1n) is 10.3. The first kappa shape index (κ1) is 20.3. The molecule has 0 aliphatic heterocycles. The maximum absolute atomic E-state index is 13.2. The van der Waals surface area contributed by atoms with Crippen molar-refractivity contribution in [2.75, 3.05) is 25.6 Å². The maximum Gasteiger partial charge on any atom is 0.195 e. The molecule has 1 saturated carbocycles. The topological polar surface area (TPSA) is 115 Å². The Hall–Kier alpha value is -2.97. The molecule has 0 unspecified atom stereocenters. The molecule has 0 atom stereocenters. The first-order chi connectivity index (χ1) is 14.7. The van der Waals surface area contributed by atoms with Gasteiger partial charge in [0.2, 0.25) is 0 Å². The molecule has 0 radical (unpaired) electrons. The Balaban J connectivity index is 1.55. The fourth-order valence-electron chi connectivity index (χ4n) is 3.81. The highest BCUT2D eigenvalue weighted by atomic mass is 16.5. The molecule has 1 fully saturated rings. The van der Waals surface area contributed by atoms with Crippen LogP contribution in [0.5, 0.6) is 5.75 Å². The van der Waals surface area contributed by atoms with Gasteiger partial charge >= 0.3 is 0 Å². The number of nitrogens with one attached hydrogen (secondary N) is 2. The molecule has 30 heavy (non-hydrogen) atoms. The number of aromatic nitrogens is 3. The Morgan fingerprint density at radius 1 is 1.17 bits per heavy atom. The summed E-state index contributed by atoms with van der Waals surface area (Å²) in [5.74, 6) is 1.29. The molecule has 0 bridgehead atoms. The maximum atomic E-state index is 13.2. The Morgan fingerprint density at radius 3 is 2.67 bits per heavy atom. The van der Waals surface area contributed by atoms with Crippen LogP contribution in [0.25, 0.3) is 11.0 Å². The van der Waals surface area contributed by atoms with Crippen molar-refractivity contribution in [3.8, 4) is 5.75 Å². The van der Waals surface area contributed by atoms with Crippen LogP contribution in [0, 0.1) is 0 Å². The van der Waals surface area contributed by atoms with Crippen LogP contribution in [0.3, 0.4) is 0 Å². The molecule has 0 amide bonds. The molecule has 1 aromatic carbocycles. The average molecular weight is 409 g/mol. The Kier molecular flexibility index (Phi) is 6.25. The van der Waals surface area contributed by atoms with Crippen LogP contribution in [0.4, 0.5) is 5.82 Å². The van der Waals surface area contributed by atoms with E-state index < -0.39 is 0 Å². The van der Waals surface area contributed by atoms with Crippen LogP contribution >= 0.6 is 0 Å². The van der Waals surface area contributed by atoms with Crippen molar-refractivity contribution in [2.24, 2.45) is 5.73 Å². The molecule has 3 aromatic rings. The number of ketones is 1. The molecule has 2 aromatic heterocycles. The van der Waals surface area contributed by atoms with E-state index in [1.807, 2.05) is 0 Å². The molecule has 0 saturated heterocycles. The minimum absolute atomic E-state index is 0.0896. The molecule has 0 spiro atoms. The number of fused-ring (bicyclic) bond motifs is 1. The number of nitrogens with two attached hydrogens (primary N) is 1. The normalized spacial score (nSPS) is 19.0. The van der Waals surface area contributed by atoms with Crippen LogP contribution in [-0.4, -0.2) is 53.1 Å². The van der Waals surface area contributed by atoms with Crippen molar-refractivity contribution >= 4 is 22.6 Å². The Bertz CT molecular complexity index is 994. The standard InChI is InChI=1S/C22H27N5O3/c1-29-10-11-30-17-8-2-14(3-9-17)20(28)18-12-24-21-19(18)22(26-13-25-21)27-16-6-4-15(23)5-7-16/h2-3,8-9,12-13,15-16H,4-7,10-11,23H2,1H3,(H2,24,25,26,27)/t15-,16+. The summed E-state index contributed by atoms with van der Waals surface area (Å²) in [6.07, 6.45) is 7.17. The third kappa shape index (κ3) is 4.44. The fraction of sp³-hybridized carbons (Fsp3) is 0.409. The summed E-state index contributed by atoms with van der Waals surface area (Å²) < 4.78 is 10.6. The van der Waals surface area contributed by atoms with Gasteiger partial charge in [0.25, 0.3) is 0 Å². The third-order valence-electron chi connectivity index (χ3n) is 5.50. The second kappa shape index (κ2) is 9.23. The van der Waals surface area contributed by atoms with E-state index in [1.54, 1.807) is 37.6 Å². The van der Waals surface area contributed by atoms with Crippen molar-refractivity contribution in [3.05, 3.63) is 47.9 Å². The predicted octanol–water partition coefficient (Wildman–Crippen LogP) is 2.90. The van der Waals surface area contributed by atoms with Gasteiger partial charge in [-0.05, 0) is 49.9 Å². The molecular weight excluding hydrogens is 382 g/mol. The first-order valence-corrected chi connectivity index (χ1v) is 10.3. The van der Waals surface area contributed by atoms with Crippen LogP contribution in [0.2, 0.25) is 0 Å². The summed E-state index contributed by atoms with van der Waals surface area (Å²) in [6, 6.07) is 7.69. The van der Waals surface area contributed by atoms with E-state index in [2.05, 4.69) is 20.3 Å². The van der Waals surface area contributed by atoms with E-state index in [0.29, 0.717) is 47.6 Å². The number of nitrogens with zero attached hydrogens (tertiary/aromatic N) is 2. The number of carbonyl (C=O) groups is 1. The van der Waals surface area contributed by atoms with E-state index in [-0.39, 0.29) is 11.8 Å². The van der Waals surface area contributed by atoms with Crippen LogP contribution in [-0.2, 0) is 4.74 Å². The average Bonchev–Trinajstić information content (AvgIpc) is 3.21. The summed E-state index contributed by atoms with van der Waals surface area (Å²) in [5, 5.41) is 4.22. The van der Waals surface area contributed by atoms with Crippen molar-refractivity contribution in [3.63, 3.8) is 0 Å². The molecule has 4 rings (SSSR count). The van der Waals surface area contributed by atoms with E-state index in [1.165, 1.54) is 6.33 Å². The number of hydrogen-bond donors (Lipinski definition) is 3. The number of ether oxygens (including phenoxy) is 2. The molecule has 8 heteroatoms. The summed E-state index contributed by atoms with van der Waals surface area (Å²) in [5.41, 5.74) is 7.79. The highest BCUT2D eigenvalue weighted by Gasteiger charge is 2.22. The second-order valence-electron chi connectivity index (χ2n) is 7.60. The molecule has 8 nitrogen and oxygen atoms in total. The highest BCUT2D eigenvalue weighted by Crippen LogP contribution is 2.28. The number of rotatable bonds is 8. The lowest BCUT2D eigenvalue weighted by molar-refractivity contribution is 0.104. The van der Waals surface area contributed by atoms with E-state index in [0.717, 1.165) is 31.1 Å². The molecule has 4 N–H and O–H groups in total. The largest absolute Gasteiger partial charge is 0.491 e. The molecular formula is C22H27N5O3. The number of carbonyl (C=O) groups excluding carboxylic acids is 1. The summed E-state index contributed by atoms with van der Waals surface area (Å²) >= 11 is 0. The Labute approximate surface area is 175 Å². The number of aromatic amines is 1. The predicted molar refractivity (Wildman–Crippen MR) is 115 cm³/mol. The van der Waals surface area contributed by atoms with Gasteiger partial charge < -0.3 is 25.5 Å². The third-order valence-corrected chi connectivity index (χ3v) is 5.50. The minimum atomic E-state index is -0.0896. The lowest BCUT2D eigenvalue weighted by Gasteiger charge is -2.27. The highest BCUT2D eigenvalue weighted by molar-refractivity contribution is 6.18. The van der Waals surface area contributed by atoms with Crippen LogP contribution in [0.15, 0.2) is 36.8 Å². The van der Waals surface area contributed by atoms with Crippen molar-refractivity contribution in [2.45, 2.75) is 37.8 Å². The zero-order valence-electron chi connectivity index (χ0n) is 17.1. The van der Waals surface area contributed by atoms with Gasteiger partial charge in [-0.15, -0.1) is 0 Å². The fourth-order valence-corrected chi connectivity index (χ4v) is 3.81. The minimum Gasteiger partial charge on any atom is -0.491 e. The van der Waals surface area contributed by atoms with E-state index >= 15 is 0 Å². The molecule has 1 aliphatic carbocycles. The SMILES string of the molecule is COCCOc1ccc(C(=O)c2c[nH]c3ncnc(N[C@H]4CC[C@@H](N)CC4)c23)cc1. The number of H-pyrrole nitrogens is 1.